The Hall–Kier alpha value is -1.76. The van der Waals surface area contributed by atoms with Crippen molar-refractivity contribution < 1.29 is 22.7 Å². The Balaban J connectivity index is 1.77. The minimum absolute atomic E-state index is 0.205. The third kappa shape index (κ3) is 5.42. The molecular weight excluding hydrogens is 309 g/mol. The lowest BCUT2D eigenvalue weighted by Crippen LogP contribution is -2.41. The van der Waals surface area contributed by atoms with Crippen molar-refractivity contribution in [2.75, 3.05) is 20.2 Å². The van der Waals surface area contributed by atoms with Crippen molar-refractivity contribution in [3.63, 3.8) is 0 Å². The van der Waals surface area contributed by atoms with Crippen LogP contribution in [-0.2, 0) is 11.3 Å². The van der Waals surface area contributed by atoms with Crippen molar-refractivity contribution >= 4 is 5.91 Å². The first-order valence-electron chi connectivity index (χ1n) is 7.59. The predicted octanol–water partition coefficient (Wildman–Crippen LogP) is 2.73. The van der Waals surface area contributed by atoms with Crippen molar-refractivity contribution in [1.29, 1.82) is 0 Å². The van der Waals surface area contributed by atoms with E-state index in [0.29, 0.717) is 25.9 Å². The number of halogens is 3. The molecule has 7 heteroatoms. The van der Waals surface area contributed by atoms with Gasteiger partial charge >= 0.3 is 6.18 Å². The van der Waals surface area contributed by atoms with E-state index in [1.54, 1.807) is 7.11 Å². The molecule has 1 amide bonds. The third-order valence-electron chi connectivity index (χ3n) is 3.92. The molecule has 0 radical (unpaired) electrons. The molecule has 1 aliphatic rings. The van der Waals surface area contributed by atoms with E-state index in [0.717, 1.165) is 16.2 Å². The lowest BCUT2D eigenvalue weighted by atomic mass is 10.1. The Morgan fingerprint density at radius 1 is 1.39 bits per heavy atom. The maximum absolute atomic E-state index is 12.5. The highest BCUT2D eigenvalue weighted by molar-refractivity contribution is 5.78. The van der Waals surface area contributed by atoms with E-state index in [4.69, 9.17) is 4.74 Å². The number of alkyl halides is 3. The standard InChI is InChI=1S/C16H21F3N2O2/c1-23-14-4-2-3-12(9-14)10-20-8-7-13-5-6-15(22)21(13)11-16(17,18)19/h2-4,9,13,20H,5-8,10-11H2,1H3. The number of methoxy groups -OCH3 is 1. The Bertz CT molecular complexity index is 534. The molecular formula is C16H21F3N2O2. The number of hydrogen-bond donors (Lipinski definition) is 1. The minimum Gasteiger partial charge on any atom is -0.497 e. The molecule has 1 heterocycles. The normalized spacial score (nSPS) is 18.5. The quantitative estimate of drug-likeness (QED) is 0.782. The van der Waals surface area contributed by atoms with Gasteiger partial charge in [-0.3, -0.25) is 4.79 Å². The highest BCUT2D eigenvalue weighted by Gasteiger charge is 2.39. The minimum atomic E-state index is -4.34. The van der Waals surface area contributed by atoms with Crippen molar-refractivity contribution in [3.8, 4) is 5.75 Å². The summed E-state index contributed by atoms with van der Waals surface area (Å²) in [4.78, 5) is 12.5. The lowest BCUT2D eigenvalue weighted by Gasteiger charge is -2.26. The number of hydrogen-bond acceptors (Lipinski definition) is 3. The molecule has 128 valence electrons. The molecule has 1 aromatic carbocycles. The summed E-state index contributed by atoms with van der Waals surface area (Å²) in [6.07, 6.45) is -3.12. The predicted molar refractivity (Wildman–Crippen MR) is 80.1 cm³/mol. The molecule has 0 spiro atoms. The van der Waals surface area contributed by atoms with Crippen LogP contribution in [0.15, 0.2) is 24.3 Å². The van der Waals surface area contributed by atoms with Crippen molar-refractivity contribution in [2.45, 2.75) is 38.0 Å². The molecule has 23 heavy (non-hydrogen) atoms. The van der Waals surface area contributed by atoms with Gasteiger partial charge < -0.3 is 15.0 Å². The van der Waals surface area contributed by atoms with Crippen LogP contribution < -0.4 is 10.1 Å². The molecule has 1 N–H and O–H groups in total. The van der Waals surface area contributed by atoms with Gasteiger partial charge in [-0.15, -0.1) is 0 Å². The van der Waals surface area contributed by atoms with Crippen LogP contribution in [0.2, 0.25) is 0 Å². The number of ether oxygens (including phenoxy) is 1. The van der Waals surface area contributed by atoms with E-state index in [2.05, 4.69) is 5.32 Å². The Labute approximate surface area is 133 Å². The Kier molecular flexibility index (Phi) is 5.87. The molecule has 4 nitrogen and oxygen atoms in total. The van der Waals surface area contributed by atoms with Gasteiger partial charge in [-0.2, -0.15) is 13.2 Å². The van der Waals surface area contributed by atoms with Crippen LogP contribution in [0.3, 0.4) is 0 Å². The number of amides is 1. The molecule has 1 aliphatic heterocycles. The van der Waals surface area contributed by atoms with Crippen LogP contribution >= 0.6 is 0 Å². The number of benzene rings is 1. The van der Waals surface area contributed by atoms with Gasteiger partial charge in [0.05, 0.1) is 7.11 Å². The lowest BCUT2D eigenvalue weighted by molar-refractivity contribution is -0.161. The Morgan fingerprint density at radius 3 is 2.87 bits per heavy atom. The van der Waals surface area contributed by atoms with Crippen LogP contribution in [0.5, 0.6) is 5.75 Å². The average Bonchev–Trinajstić information content (AvgIpc) is 2.83. The Morgan fingerprint density at radius 2 is 2.17 bits per heavy atom. The summed E-state index contributed by atoms with van der Waals surface area (Å²) >= 11 is 0. The molecule has 1 unspecified atom stereocenters. The van der Waals surface area contributed by atoms with Gasteiger partial charge in [-0.05, 0) is 37.1 Å². The first kappa shape index (κ1) is 17.6. The van der Waals surface area contributed by atoms with Gasteiger partial charge in [0.15, 0.2) is 0 Å². The molecule has 1 atom stereocenters. The second kappa shape index (κ2) is 7.68. The van der Waals surface area contributed by atoms with Gasteiger partial charge in [0, 0.05) is 19.0 Å². The molecule has 0 saturated carbocycles. The maximum Gasteiger partial charge on any atom is 0.406 e. The second-order valence-electron chi connectivity index (χ2n) is 5.65. The van der Waals surface area contributed by atoms with Gasteiger partial charge in [0.25, 0.3) is 0 Å². The molecule has 0 aliphatic carbocycles. The first-order chi connectivity index (χ1) is 10.9. The first-order valence-corrected chi connectivity index (χ1v) is 7.59. The fourth-order valence-electron chi connectivity index (χ4n) is 2.79. The summed E-state index contributed by atoms with van der Waals surface area (Å²) in [5.74, 6) is 0.363. The third-order valence-corrected chi connectivity index (χ3v) is 3.92. The number of nitrogens with zero attached hydrogens (tertiary/aromatic N) is 1. The number of carbonyl (C=O) groups excluding carboxylic acids is 1. The fraction of sp³-hybridized carbons (Fsp3) is 0.562. The zero-order valence-electron chi connectivity index (χ0n) is 13.0. The summed E-state index contributed by atoms with van der Waals surface area (Å²) in [6.45, 7) is 0.0209. The SMILES string of the molecule is COc1cccc(CNCCC2CCC(=O)N2CC(F)(F)F)c1. The zero-order valence-corrected chi connectivity index (χ0v) is 13.0. The van der Waals surface area contributed by atoms with Crippen LogP contribution in [0.4, 0.5) is 13.2 Å². The summed E-state index contributed by atoms with van der Waals surface area (Å²) in [5, 5.41) is 3.20. The summed E-state index contributed by atoms with van der Waals surface area (Å²) in [7, 11) is 1.60. The number of carbonyl (C=O) groups is 1. The number of nitrogens with one attached hydrogen (secondary N) is 1. The molecule has 1 fully saturated rings. The van der Waals surface area contributed by atoms with E-state index < -0.39 is 18.6 Å². The molecule has 0 aromatic heterocycles. The summed E-state index contributed by atoms with van der Waals surface area (Å²) < 4.78 is 42.7. The van der Waals surface area contributed by atoms with Gasteiger partial charge in [-0.1, -0.05) is 12.1 Å². The average molecular weight is 330 g/mol. The summed E-state index contributed by atoms with van der Waals surface area (Å²) in [5.41, 5.74) is 1.04. The monoisotopic (exact) mass is 330 g/mol. The fourth-order valence-corrected chi connectivity index (χ4v) is 2.79. The zero-order chi connectivity index (χ0) is 16.9. The van der Waals surface area contributed by atoms with E-state index in [-0.39, 0.29) is 12.5 Å². The van der Waals surface area contributed by atoms with Gasteiger partial charge in [0.2, 0.25) is 5.91 Å². The van der Waals surface area contributed by atoms with Crippen molar-refractivity contribution in [1.82, 2.24) is 10.2 Å². The highest BCUT2D eigenvalue weighted by Crippen LogP contribution is 2.26. The highest BCUT2D eigenvalue weighted by atomic mass is 19.4. The maximum atomic E-state index is 12.5. The van der Waals surface area contributed by atoms with Gasteiger partial charge in [0.1, 0.15) is 12.3 Å². The van der Waals surface area contributed by atoms with E-state index in [1.165, 1.54) is 0 Å². The van der Waals surface area contributed by atoms with E-state index in [9.17, 15) is 18.0 Å². The van der Waals surface area contributed by atoms with Crippen LogP contribution in [0.1, 0.15) is 24.8 Å². The van der Waals surface area contributed by atoms with Crippen LogP contribution in [0.25, 0.3) is 0 Å². The van der Waals surface area contributed by atoms with Crippen LogP contribution in [0, 0.1) is 0 Å². The molecule has 0 bridgehead atoms. The topological polar surface area (TPSA) is 41.6 Å². The molecule has 1 saturated heterocycles. The van der Waals surface area contributed by atoms with Crippen molar-refractivity contribution in [3.05, 3.63) is 29.8 Å². The summed E-state index contributed by atoms with van der Waals surface area (Å²) in [6, 6.07) is 7.26. The molecule has 2 rings (SSSR count). The van der Waals surface area contributed by atoms with E-state index in [1.807, 2.05) is 24.3 Å². The van der Waals surface area contributed by atoms with E-state index >= 15 is 0 Å². The largest absolute Gasteiger partial charge is 0.497 e. The number of likely N-dealkylation sites (tertiary alicyclic amines) is 1. The van der Waals surface area contributed by atoms with Gasteiger partial charge in [-0.25, -0.2) is 0 Å². The smallest absolute Gasteiger partial charge is 0.406 e. The second-order valence-corrected chi connectivity index (χ2v) is 5.65. The van der Waals surface area contributed by atoms with Crippen molar-refractivity contribution in [2.24, 2.45) is 0 Å². The molecule has 1 aromatic rings. The van der Waals surface area contributed by atoms with Crippen LogP contribution in [-0.4, -0.2) is 43.2 Å². The number of rotatable bonds is 7.